The number of thioether (sulfide) groups is 1. The molecule has 0 spiro atoms. The fraction of sp³-hybridized carbons (Fsp3) is 0.211. The zero-order valence-corrected chi connectivity index (χ0v) is 14.7. The molecule has 0 radical (unpaired) electrons. The van der Waals surface area contributed by atoms with Crippen molar-refractivity contribution in [2.24, 2.45) is 0 Å². The first-order valence-corrected chi connectivity index (χ1v) is 9.01. The lowest BCUT2D eigenvalue weighted by Crippen LogP contribution is -2.42. The van der Waals surface area contributed by atoms with Gasteiger partial charge in [-0.2, -0.15) is 0 Å². The standard InChI is InChI=1S/C19H19N3O2S/c1-13(23)17(11-14-7-3-2-4-8-14)20-18(24)12-25-19-21-15-9-5-6-10-16(15)22-19/h2-10,17H,11-12H2,1H3,(H,20,24)(H,21,22)/t17-/m0/s1. The molecule has 0 aliphatic heterocycles. The quantitative estimate of drug-likeness (QED) is 0.641. The molecule has 5 nitrogen and oxygen atoms in total. The van der Waals surface area contributed by atoms with E-state index in [2.05, 4.69) is 15.3 Å². The van der Waals surface area contributed by atoms with Crippen molar-refractivity contribution < 1.29 is 9.59 Å². The summed E-state index contributed by atoms with van der Waals surface area (Å²) in [5, 5.41) is 3.51. The van der Waals surface area contributed by atoms with Crippen molar-refractivity contribution in [1.82, 2.24) is 15.3 Å². The average Bonchev–Trinajstić information content (AvgIpc) is 3.03. The van der Waals surface area contributed by atoms with Gasteiger partial charge in [0.05, 0.1) is 22.8 Å². The van der Waals surface area contributed by atoms with Crippen LogP contribution in [0.3, 0.4) is 0 Å². The van der Waals surface area contributed by atoms with Crippen LogP contribution in [-0.4, -0.2) is 33.5 Å². The van der Waals surface area contributed by atoms with Gasteiger partial charge in [-0.1, -0.05) is 54.2 Å². The van der Waals surface area contributed by atoms with E-state index in [0.29, 0.717) is 11.6 Å². The maximum atomic E-state index is 12.2. The highest BCUT2D eigenvalue weighted by Gasteiger charge is 2.18. The van der Waals surface area contributed by atoms with Gasteiger partial charge in [-0.15, -0.1) is 0 Å². The summed E-state index contributed by atoms with van der Waals surface area (Å²) in [6, 6.07) is 16.9. The van der Waals surface area contributed by atoms with Crippen molar-refractivity contribution in [3.05, 3.63) is 60.2 Å². The van der Waals surface area contributed by atoms with E-state index in [1.807, 2.05) is 54.6 Å². The SMILES string of the molecule is CC(=O)[C@H](Cc1ccccc1)NC(=O)CSc1nc2ccccc2[nH]1. The molecule has 0 saturated carbocycles. The molecule has 0 aliphatic rings. The van der Waals surface area contributed by atoms with Crippen molar-refractivity contribution in [1.29, 1.82) is 0 Å². The number of imidazole rings is 1. The Morgan fingerprint density at radius 1 is 1.12 bits per heavy atom. The van der Waals surface area contributed by atoms with Crippen molar-refractivity contribution >= 4 is 34.5 Å². The minimum Gasteiger partial charge on any atom is -0.345 e. The van der Waals surface area contributed by atoms with Crippen molar-refractivity contribution in [3.8, 4) is 0 Å². The minimum atomic E-state index is -0.508. The lowest BCUT2D eigenvalue weighted by Gasteiger charge is -2.15. The maximum absolute atomic E-state index is 12.2. The first-order chi connectivity index (χ1) is 12.1. The molecule has 0 saturated heterocycles. The summed E-state index contributed by atoms with van der Waals surface area (Å²) in [4.78, 5) is 31.6. The van der Waals surface area contributed by atoms with E-state index in [-0.39, 0.29) is 17.4 Å². The molecular weight excluding hydrogens is 334 g/mol. The minimum absolute atomic E-state index is 0.0501. The Kier molecular flexibility index (Phi) is 5.50. The summed E-state index contributed by atoms with van der Waals surface area (Å²) < 4.78 is 0. The summed E-state index contributed by atoms with van der Waals surface area (Å²) in [7, 11) is 0. The summed E-state index contributed by atoms with van der Waals surface area (Å²) in [5.41, 5.74) is 2.83. The normalized spacial score (nSPS) is 12.0. The third kappa shape index (κ3) is 4.70. The largest absolute Gasteiger partial charge is 0.345 e. The third-order valence-electron chi connectivity index (χ3n) is 3.82. The van der Waals surface area contributed by atoms with Gasteiger partial charge in [-0.25, -0.2) is 4.98 Å². The van der Waals surface area contributed by atoms with E-state index in [1.165, 1.54) is 18.7 Å². The van der Waals surface area contributed by atoms with Crippen LogP contribution < -0.4 is 5.32 Å². The van der Waals surface area contributed by atoms with Crippen LogP contribution in [0.2, 0.25) is 0 Å². The van der Waals surface area contributed by atoms with Gasteiger partial charge in [0.25, 0.3) is 0 Å². The molecule has 0 fully saturated rings. The van der Waals surface area contributed by atoms with Crippen molar-refractivity contribution in [2.45, 2.75) is 24.5 Å². The highest BCUT2D eigenvalue weighted by molar-refractivity contribution is 7.99. The number of Topliss-reactive ketones (excluding diaryl/α,β-unsaturated/α-hetero) is 1. The fourth-order valence-corrected chi connectivity index (χ4v) is 3.21. The van der Waals surface area contributed by atoms with Crippen LogP contribution in [0.15, 0.2) is 59.8 Å². The number of H-pyrrole nitrogens is 1. The van der Waals surface area contributed by atoms with Crippen LogP contribution in [0.25, 0.3) is 11.0 Å². The molecule has 0 unspecified atom stereocenters. The molecule has 1 atom stereocenters. The Labute approximate surface area is 150 Å². The molecule has 1 heterocycles. The van der Waals surface area contributed by atoms with Gasteiger partial charge in [0.2, 0.25) is 5.91 Å². The number of nitrogens with zero attached hydrogens (tertiary/aromatic N) is 1. The molecule has 0 bridgehead atoms. The highest BCUT2D eigenvalue weighted by atomic mass is 32.2. The Hall–Kier alpha value is -2.60. The number of hydrogen-bond acceptors (Lipinski definition) is 4. The fourth-order valence-electron chi connectivity index (χ4n) is 2.51. The third-order valence-corrected chi connectivity index (χ3v) is 4.69. The number of fused-ring (bicyclic) bond motifs is 1. The van der Waals surface area contributed by atoms with Gasteiger partial charge in [0.1, 0.15) is 0 Å². The summed E-state index contributed by atoms with van der Waals surface area (Å²) in [6.07, 6.45) is 0.497. The zero-order chi connectivity index (χ0) is 17.6. The number of aromatic nitrogens is 2. The Morgan fingerprint density at radius 3 is 2.56 bits per heavy atom. The van der Waals surface area contributed by atoms with E-state index in [4.69, 9.17) is 0 Å². The van der Waals surface area contributed by atoms with Crippen LogP contribution in [0.1, 0.15) is 12.5 Å². The lowest BCUT2D eigenvalue weighted by atomic mass is 10.0. The number of rotatable bonds is 7. The molecule has 6 heteroatoms. The van der Waals surface area contributed by atoms with Crippen LogP contribution in [0, 0.1) is 0 Å². The highest BCUT2D eigenvalue weighted by Crippen LogP contribution is 2.18. The number of amides is 1. The van der Waals surface area contributed by atoms with E-state index >= 15 is 0 Å². The van der Waals surface area contributed by atoms with Crippen molar-refractivity contribution in [3.63, 3.8) is 0 Å². The van der Waals surface area contributed by atoms with Crippen LogP contribution >= 0.6 is 11.8 Å². The Balaban J connectivity index is 1.57. The number of aromatic amines is 1. The number of para-hydroxylation sites is 2. The Morgan fingerprint density at radius 2 is 1.84 bits per heavy atom. The molecule has 1 amide bonds. The predicted molar refractivity (Wildman–Crippen MR) is 99.6 cm³/mol. The van der Waals surface area contributed by atoms with Gasteiger partial charge < -0.3 is 10.3 Å². The number of ketones is 1. The molecule has 3 rings (SSSR count). The predicted octanol–water partition coefficient (Wildman–Crippen LogP) is 2.97. The number of carbonyl (C=O) groups is 2. The summed E-state index contributed by atoms with van der Waals surface area (Å²) >= 11 is 1.32. The van der Waals surface area contributed by atoms with Gasteiger partial charge in [0, 0.05) is 0 Å². The number of hydrogen-bond donors (Lipinski definition) is 2. The second-order valence-corrected chi connectivity index (χ2v) is 6.73. The Bertz CT molecular complexity index is 844. The molecule has 2 N–H and O–H groups in total. The maximum Gasteiger partial charge on any atom is 0.231 e. The molecule has 128 valence electrons. The number of benzene rings is 2. The first kappa shape index (κ1) is 17.2. The summed E-state index contributed by atoms with van der Waals surface area (Å²) in [5.74, 6) is -0.0224. The second-order valence-electron chi connectivity index (χ2n) is 5.77. The molecule has 0 aliphatic carbocycles. The van der Waals surface area contributed by atoms with E-state index in [0.717, 1.165) is 16.6 Å². The lowest BCUT2D eigenvalue weighted by molar-refractivity contribution is -0.125. The van der Waals surface area contributed by atoms with Crippen LogP contribution in [-0.2, 0) is 16.0 Å². The van der Waals surface area contributed by atoms with E-state index < -0.39 is 6.04 Å². The van der Waals surface area contributed by atoms with Gasteiger partial charge in [-0.05, 0) is 31.0 Å². The average molecular weight is 353 g/mol. The van der Waals surface area contributed by atoms with E-state index in [9.17, 15) is 9.59 Å². The topological polar surface area (TPSA) is 74.8 Å². The van der Waals surface area contributed by atoms with Gasteiger partial charge in [-0.3, -0.25) is 9.59 Å². The number of nitrogens with one attached hydrogen (secondary N) is 2. The zero-order valence-electron chi connectivity index (χ0n) is 13.9. The van der Waals surface area contributed by atoms with E-state index in [1.54, 1.807) is 0 Å². The van der Waals surface area contributed by atoms with Gasteiger partial charge >= 0.3 is 0 Å². The monoisotopic (exact) mass is 353 g/mol. The molecule has 1 aromatic heterocycles. The molecule has 2 aromatic carbocycles. The summed E-state index contributed by atoms with van der Waals surface area (Å²) in [6.45, 7) is 1.50. The van der Waals surface area contributed by atoms with Crippen molar-refractivity contribution in [2.75, 3.05) is 5.75 Å². The molecule has 3 aromatic rings. The number of carbonyl (C=O) groups excluding carboxylic acids is 2. The second kappa shape index (κ2) is 7.98. The van der Waals surface area contributed by atoms with Crippen LogP contribution in [0.4, 0.5) is 0 Å². The van der Waals surface area contributed by atoms with Crippen LogP contribution in [0.5, 0.6) is 0 Å². The van der Waals surface area contributed by atoms with Gasteiger partial charge in [0.15, 0.2) is 10.9 Å². The smallest absolute Gasteiger partial charge is 0.231 e. The molecular formula is C19H19N3O2S. The first-order valence-electron chi connectivity index (χ1n) is 8.03. The molecule has 25 heavy (non-hydrogen) atoms.